The van der Waals surface area contributed by atoms with E-state index in [-0.39, 0.29) is 10.7 Å². The molecule has 1 saturated carbocycles. The van der Waals surface area contributed by atoms with Crippen molar-refractivity contribution in [2.75, 3.05) is 4.72 Å². The topological polar surface area (TPSA) is 46.2 Å². The van der Waals surface area contributed by atoms with Crippen molar-refractivity contribution >= 4 is 15.7 Å². The quantitative estimate of drug-likeness (QED) is 0.847. The lowest BCUT2D eigenvalue weighted by Gasteiger charge is -2.22. The number of halogens is 1. The Morgan fingerprint density at radius 3 is 2.29 bits per heavy atom. The molecule has 0 unspecified atom stereocenters. The van der Waals surface area contributed by atoms with Gasteiger partial charge in [0.05, 0.1) is 10.6 Å². The molecule has 3 nitrogen and oxygen atoms in total. The number of rotatable bonds is 4. The third-order valence-electron chi connectivity index (χ3n) is 4.70. The average Bonchev–Trinajstić information content (AvgIpc) is 2.58. The standard InChI is InChI=1S/C19H22FNO2S/c1-14-13-17(20)9-12-19(14)21-24(22,23)18-10-7-16(8-11-18)15-5-3-2-4-6-15/h7-13,15,21H,2-6H2,1H3. The van der Waals surface area contributed by atoms with Crippen LogP contribution in [0.3, 0.4) is 0 Å². The zero-order valence-corrected chi connectivity index (χ0v) is 14.6. The summed E-state index contributed by atoms with van der Waals surface area (Å²) >= 11 is 0. The highest BCUT2D eigenvalue weighted by Crippen LogP contribution is 2.33. The molecule has 1 aliphatic carbocycles. The minimum Gasteiger partial charge on any atom is -0.279 e. The van der Waals surface area contributed by atoms with Gasteiger partial charge in [-0.05, 0) is 67.1 Å². The van der Waals surface area contributed by atoms with E-state index in [1.54, 1.807) is 19.1 Å². The highest BCUT2D eigenvalue weighted by molar-refractivity contribution is 7.92. The lowest BCUT2D eigenvalue weighted by Crippen LogP contribution is -2.14. The second kappa shape index (κ2) is 6.93. The lowest BCUT2D eigenvalue weighted by molar-refractivity contribution is 0.443. The molecule has 1 N–H and O–H groups in total. The van der Waals surface area contributed by atoms with Crippen molar-refractivity contribution in [3.8, 4) is 0 Å². The molecule has 2 aromatic carbocycles. The normalized spacial score (nSPS) is 16.1. The zero-order valence-electron chi connectivity index (χ0n) is 13.8. The van der Waals surface area contributed by atoms with Gasteiger partial charge >= 0.3 is 0 Å². The minimum absolute atomic E-state index is 0.228. The summed E-state index contributed by atoms with van der Waals surface area (Å²) in [7, 11) is -3.67. The minimum atomic E-state index is -3.67. The molecule has 5 heteroatoms. The SMILES string of the molecule is Cc1cc(F)ccc1NS(=O)(=O)c1ccc(C2CCCCC2)cc1. The van der Waals surface area contributed by atoms with E-state index in [1.807, 2.05) is 12.1 Å². The van der Waals surface area contributed by atoms with Crippen molar-refractivity contribution in [2.24, 2.45) is 0 Å². The van der Waals surface area contributed by atoms with Crippen molar-refractivity contribution < 1.29 is 12.8 Å². The lowest BCUT2D eigenvalue weighted by atomic mass is 9.84. The van der Waals surface area contributed by atoms with Gasteiger partial charge in [0.15, 0.2) is 0 Å². The van der Waals surface area contributed by atoms with Crippen LogP contribution in [0.2, 0.25) is 0 Å². The number of hydrogen-bond acceptors (Lipinski definition) is 2. The van der Waals surface area contributed by atoms with E-state index >= 15 is 0 Å². The van der Waals surface area contributed by atoms with Gasteiger partial charge in [-0.25, -0.2) is 12.8 Å². The molecule has 24 heavy (non-hydrogen) atoms. The second-order valence-corrected chi connectivity index (χ2v) is 8.15. The number of benzene rings is 2. The molecule has 0 atom stereocenters. The first kappa shape index (κ1) is 17.0. The van der Waals surface area contributed by atoms with Gasteiger partial charge in [-0.3, -0.25) is 4.72 Å². The summed E-state index contributed by atoms with van der Waals surface area (Å²) in [5.41, 5.74) is 2.16. The van der Waals surface area contributed by atoms with Crippen LogP contribution in [-0.2, 0) is 10.0 Å². The molecule has 0 radical (unpaired) electrons. The molecule has 0 aliphatic heterocycles. The van der Waals surface area contributed by atoms with Gasteiger partial charge in [0.2, 0.25) is 0 Å². The van der Waals surface area contributed by atoms with Crippen LogP contribution in [0.25, 0.3) is 0 Å². The summed E-state index contributed by atoms with van der Waals surface area (Å²) in [4.78, 5) is 0.228. The van der Waals surface area contributed by atoms with Gasteiger partial charge in [0.25, 0.3) is 10.0 Å². The average molecular weight is 347 g/mol. The van der Waals surface area contributed by atoms with Gasteiger partial charge in [0, 0.05) is 0 Å². The molecule has 128 valence electrons. The van der Waals surface area contributed by atoms with Crippen LogP contribution in [0, 0.1) is 12.7 Å². The summed E-state index contributed by atoms with van der Waals surface area (Å²) in [6, 6.07) is 11.2. The molecule has 0 spiro atoms. The first-order valence-corrected chi connectivity index (χ1v) is 9.83. The largest absolute Gasteiger partial charge is 0.279 e. The van der Waals surface area contributed by atoms with Gasteiger partial charge in [0.1, 0.15) is 5.82 Å². The number of anilines is 1. The summed E-state index contributed by atoms with van der Waals surface area (Å²) < 4.78 is 40.7. The molecule has 0 bridgehead atoms. The smallest absolute Gasteiger partial charge is 0.261 e. The van der Waals surface area contributed by atoms with E-state index in [9.17, 15) is 12.8 Å². The number of hydrogen-bond donors (Lipinski definition) is 1. The third kappa shape index (κ3) is 3.78. The van der Waals surface area contributed by atoms with Crippen LogP contribution >= 0.6 is 0 Å². The molecule has 1 aliphatic rings. The Kier molecular flexibility index (Phi) is 4.90. The highest BCUT2D eigenvalue weighted by Gasteiger charge is 2.18. The Labute approximate surface area is 143 Å². The summed E-state index contributed by atoms with van der Waals surface area (Å²) in [6.45, 7) is 1.67. The fourth-order valence-electron chi connectivity index (χ4n) is 3.30. The predicted molar refractivity (Wildman–Crippen MR) is 94.2 cm³/mol. The van der Waals surface area contributed by atoms with E-state index in [4.69, 9.17) is 0 Å². The molecule has 0 saturated heterocycles. The number of aryl methyl sites for hydroxylation is 1. The molecular weight excluding hydrogens is 325 g/mol. The fourth-order valence-corrected chi connectivity index (χ4v) is 4.43. The Bertz CT molecular complexity index is 810. The van der Waals surface area contributed by atoms with E-state index in [2.05, 4.69) is 4.72 Å². The third-order valence-corrected chi connectivity index (χ3v) is 6.08. The maximum Gasteiger partial charge on any atom is 0.261 e. The van der Waals surface area contributed by atoms with Gasteiger partial charge in [-0.2, -0.15) is 0 Å². The van der Waals surface area contributed by atoms with Crippen molar-refractivity contribution in [2.45, 2.75) is 49.8 Å². The van der Waals surface area contributed by atoms with Crippen LogP contribution in [-0.4, -0.2) is 8.42 Å². The Morgan fingerprint density at radius 1 is 1.00 bits per heavy atom. The Hall–Kier alpha value is -1.88. The first-order chi connectivity index (χ1) is 11.5. The van der Waals surface area contributed by atoms with E-state index in [1.165, 1.54) is 55.9 Å². The van der Waals surface area contributed by atoms with Crippen LogP contribution in [0.15, 0.2) is 47.4 Å². The van der Waals surface area contributed by atoms with Crippen molar-refractivity contribution in [1.29, 1.82) is 0 Å². The van der Waals surface area contributed by atoms with Crippen LogP contribution < -0.4 is 4.72 Å². The molecule has 3 rings (SSSR count). The van der Waals surface area contributed by atoms with Crippen LogP contribution in [0.1, 0.15) is 49.1 Å². The Morgan fingerprint density at radius 2 is 1.67 bits per heavy atom. The maximum absolute atomic E-state index is 13.1. The summed E-state index contributed by atoms with van der Waals surface area (Å²) in [6.07, 6.45) is 6.15. The molecule has 0 heterocycles. The molecular formula is C19H22FNO2S. The number of sulfonamides is 1. The molecule has 0 amide bonds. The van der Waals surface area contributed by atoms with Crippen molar-refractivity contribution in [3.05, 3.63) is 59.4 Å². The number of nitrogens with one attached hydrogen (secondary N) is 1. The highest BCUT2D eigenvalue weighted by atomic mass is 32.2. The molecule has 2 aromatic rings. The van der Waals surface area contributed by atoms with Gasteiger partial charge in [-0.1, -0.05) is 31.4 Å². The molecule has 1 fully saturated rings. The zero-order chi connectivity index (χ0) is 17.2. The van der Waals surface area contributed by atoms with Gasteiger partial charge < -0.3 is 0 Å². The monoisotopic (exact) mass is 347 g/mol. The fraction of sp³-hybridized carbons (Fsp3) is 0.368. The van der Waals surface area contributed by atoms with E-state index in [0.717, 1.165) is 0 Å². The van der Waals surface area contributed by atoms with E-state index in [0.29, 0.717) is 17.2 Å². The maximum atomic E-state index is 13.1. The van der Waals surface area contributed by atoms with Crippen molar-refractivity contribution in [1.82, 2.24) is 0 Å². The first-order valence-electron chi connectivity index (χ1n) is 8.35. The predicted octanol–water partition coefficient (Wildman–Crippen LogP) is 4.98. The second-order valence-electron chi connectivity index (χ2n) is 6.47. The summed E-state index contributed by atoms with van der Waals surface area (Å²) in [5, 5.41) is 0. The van der Waals surface area contributed by atoms with Crippen LogP contribution in [0.5, 0.6) is 0 Å². The van der Waals surface area contributed by atoms with E-state index < -0.39 is 10.0 Å². The van der Waals surface area contributed by atoms with Crippen LogP contribution in [0.4, 0.5) is 10.1 Å². The summed E-state index contributed by atoms with van der Waals surface area (Å²) in [5.74, 6) is 0.162. The Balaban J connectivity index is 1.79. The molecule has 0 aromatic heterocycles. The van der Waals surface area contributed by atoms with Crippen molar-refractivity contribution in [3.63, 3.8) is 0 Å². The van der Waals surface area contributed by atoms with Gasteiger partial charge in [-0.15, -0.1) is 0 Å².